The molecule has 0 fully saturated rings. The first-order valence-corrected chi connectivity index (χ1v) is 7.35. The molecule has 0 N–H and O–H groups in total. The maximum atomic E-state index is 12.2. The summed E-state index contributed by atoms with van der Waals surface area (Å²) in [5.41, 5.74) is -0.496. The summed E-state index contributed by atoms with van der Waals surface area (Å²) in [5.74, 6) is -0.333. The summed E-state index contributed by atoms with van der Waals surface area (Å²) < 4.78 is 15.1. The van der Waals surface area contributed by atoms with Crippen molar-refractivity contribution in [2.45, 2.75) is 6.92 Å². The molecule has 0 saturated carbocycles. The van der Waals surface area contributed by atoms with Crippen molar-refractivity contribution >= 4 is 22.6 Å². The molecule has 0 saturated heterocycles. The molecule has 9 nitrogen and oxygen atoms in total. The van der Waals surface area contributed by atoms with E-state index in [0.717, 1.165) is 0 Å². The predicted octanol–water partition coefficient (Wildman–Crippen LogP) is 2.70. The zero-order chi connectivity index (χ0) is 18.8. The van der Waals surface area contributed by atoms with Crippen LogP contribution < -0.4 is 15.1 Å². The molecule has 26 heavy (non-hydrogen) atoms. The van der Waals surface area contributed by atoms with Crippen LogP contribution in [0.1, 0.15) is 6.92 Å². The molecule has 0 atom stereocenters. The Morgan fingerprint density at radius 3 is 2.65 bits per heavy atom. The van der Waals surface area contributed by atoms with Crippen LogP contribution in [0.3, 0.4) is 0 Å². The molecule has 1 heterocycles. The van der Waals surface area contributed by atoms with Crippen LogP contribution in [0.4, 0.5) is 5.69 Å². The molecule has 2 aromatic carbocycles. The summed E-state index contributed by atoms with van der Waals surface area (Å²) in [6.07, 6.45) is 0. The number of benzene rings is 2. The molecule has 0 spiro atoms. The number of fused-ring (bicyclic) bond motifs is 1. The molecule has 0 aliphatic carbocycles. The van der Waals surface area contributed by atoms with Crippen LogP contribution in [0.25, 0.3) is 22.4 Å². The van der Waals surface area contributed by atoms with E-state index in [1.807, 2.05) is 0 Å². The van der Waals surface area contributed by atoms with Crippen molar-refractivity contribution in [3.63, 3.8) is 0 Å². The number of rotatable bonds is 4. The number of hydrogen-bond donors (Lipinski definition) is 0. The van der Waals surface area contributed by atoms with Gasteiger partial charge in [-0.15, -0.1) is 0 Å². The van der Waals surface area contributed by atoms with Gasteiger partial charge in [0, 0.05) is 24.6 Å². The van der Waals surface area contributed by atoms with Gasteiger partial charge in [-0.2, -0.15) is 0 Å². The Morgan fingerprint density at radius 1 is 1.23 bits per heavy atom. The number of carbonyl (C=O) groups is 1. The molecule has 132 valence electrons. The number of hydrogen-bond acceptors (Lipinski definition) is 8. The van der Waals surface area contributed by atoms with Crippen LogP contribution in [0.5, 0.6) is 11.5 Å². The van der Waals surface area contributed by atoms with Gasteiger partial charge in [0.2, 0.25) is 5.89 Å². The highest BCUT2D eigenvalue weighted by atomic mass is 16.6. The Hall–Kier alpha value is -3.75. The topological polar surface area (TPSA) is 122 Å². The molecule has 9 heteroatoms. The van der Waals surface area contributed by atoms with E-state index in [9.17, 15) is 19.7 Å². The number of nitro groups is 1. The maximum Gasteiger partial charge on any atom is 0.347 e. The fraction of sp³-hybridized carbons (Fsp3) is 0.118. The number of ether oxygens (including phenoxy) is 2. The van der Waals surface area contributed by atoms with Gasteiger partial charge < -0.3 is 13.9 Å². The van der Waals surface area contributed by atoms with Gasteiger partial charge in [-0.1, -0.05) is 0 Å². The van der Waals surface area contributed by atoms with Crippen molar-refractivity contribution in [2.24, 2.45) is 0 Å². The summed E-state index contributed by atoms with van der Waals surface area (Å²) in [5, 5.41) is 11.3. The van der Waals surface area contributed by atoms with Gasteiger partial charge >= 0.3 is 17.3 Å². The smallest absolute Gasteiger partial charge is 0.347 e. The lowest BCUT2D eigenvalue weighted by molar-refractivity contribution is -0.385. The van der Waals surface area contributed by atoms with Crippen LogP contribution in [0.2, 0.25) is 0 Å². The largest absolute Gasteiger partial charge is 0.490 e. The van der Waals surface area contributed by atoms with Gasteiger partial charge in [0.25, 0.3) is 0 Å². The van der Waals surface area contributed by atoms with Gasteiger partial charge in [-0.3, -0.25) is 14.9 Å². The van der Waals surface area contributed by atoms with Crippen molar-refractivity contribution in [1.82, 2.24) is 4.98 Å². The van der Waals surface area contributed by atoms with Crippen molar-refractivity contribution in [2.75, 3.05) is 7.11 Å². The van der Waals surface area contributed by atoms with E-state index in [0.29, 0.717) is 0 Å². The summed E-state index contributed by atoms with van der Waals surface area (Å²) in [6.45, 7) is 1.25. The standard InChI is InChI=1S/C17H12N2O7/c1-9(20)25-11-4-5-12-13(8-11)18-16(26-17(12)21)10-3-6-15(24-2)14(7-10)19(22)23/h3-8H,1-2H3. The number of aromatic nitrogens is 1. The van der Waals surface area contributed by atoms with Crippen LogP contribution in [-0.4, -0.2) is 23.0 Å². The summed E-state index contributed by atoms with van der Waals surface area (Å²) in [7, 11) is 1.31. The molecule has 3 rings (SSSR count). The third-order valence-electron chi connectivity index (χ3n) is 3.48. The first-order chi connectivity index (χ1) is 12.4. The van der Waals surface area contributed by atoms with Gasteiger partial charge in [0.15, 0.2) is 5.75 Å². The quantitative estimate of drug-likeness (QED) is 0.303. The number of nitrogens with zero attached hydrogens (tertiary/aromatic N) is 2. The molecule has 1 aromatic heterocycles. The number of nitro benzene ring substituents is 1. The highest BCUT2D eigenvalue weighted by molar-refractivity contribution is 5.81. The molecule has 0 radical (unpaired) electrons. The highest BCUT2D eigenvalue weighted by Gasteiger charge is 2.18. The van der Waals surface area contributed by atoms with Crippen LogP contribution >= 0.6 is 0 Å². The van der Waals surface area contributed by atoms with E-state index in [1.54, 1.807) is 0 Å². The summed E-state index contributed by atoms with van der Waals surface area (Å²) >= 11 is 0. The minimum Gasteiger partial charge on any atom is -0.490 e. The third kappa shape index (κ3) is 3.22. The van der Waals surface area contributed by atoms with Gasteiger partial charge in [-0.05, 0) is 24.3 Å². The Kier molecular flexibility index (Phi) is 4.36. The lowest BCUT2D eigenvalue weighted by Crippen LogP contribution is -2.05. The number of methoxy groups -OCH3 is 1. The minimum atomic E-state index is -0.669. The van der Waals surface area contributed by atoms with Crippen molar-refractivity contribution in [3.05, 3.63) is 56.9 Å². The van der Waals surface area contributed by atoms with E-state index in [-0.39, 0.29) is 39.5 Å². The zero-order valence-corrected chi connectivity index (χ0v) is 13.7. The molecule has 3 aromatic rings. The van der Waals surface area contributed by atoms with E-state index in [4.69, 9.17) is 13.9 Å². The van der Waals surface area contributed by atoms with Crippen LogP contribution in [0, 0.1) is 10.1 Å². The van der Waals surface area contributed by atoms with Crippen molar-refractivity contribution in [1.29, 1.82) is 0 Å². The second kappa shape index (κ2) is 6.63. The van der Waals surface area contributed by atoms with Crippen molar-refractivity contribution < 1.29 is 23.6 Å². The second-order valence-corrected chi connectivity index (χ2v) is 5.22. The number of carbonyl (C=O) groups excluding carboxylic acids is 1. The fourth-order valence-electron chi connectivity index (χ4n) is 2.37. The van der Waals surface area contributed by atoms with Crippen LogP contribution in [-0.2, 0) is 4.79 Å². The molecule has 0 unspecified atom stereocenters. The highest BCUT2D eigenvalue weighted by Crippen LogP contribution is 2.31. The second-order valence-electron chi connectivity index (χ2n) is 5.22. The average Bonchev–Trinajstić information content (AvgIpc) is 2.60. The monoisotopic (exact) mass is 356 g/mol. The lowest BCUT2D eigenvalue weighted by Gasteiger charge is -2.06. The minimum absolute atomic E-state index is 0.0685. The SMILES string of the molecule is COc1ccc(-c2nc3cc(OC(C)=O)ccc3c(=O)o2)cc1[N+](=O)[O-]. The Morgan fingerprint density at radius 2 is 2.00 bits per heavy atom. The van der Waals surface area contributed by atoms with Gasteiger partial charge in [0.1, 0.15) is 5.75 Å². The Labute approximate surface area is 145 Å². The molecule has 0 bridgehead atoms. The molecular formula is C17H12N2O7. The molecular weight excluding hydrogens is 344 g/mol. The molecule has 0 amide bonds. The summed E-state index contributed by atoms with van der Waals surface area (Å²) in [6, 6.07) is 8.35. The fourth-order valence-corrected chi connectivity index (χ4v) is 2.37. The normalized spacial score (nSPS) is 10.5. The number of esters is 1. The van der Waals surface area contributed by atoms with E-state index in [1.165, 1.54) is 50.4 Å². The Bertz CT molecular complexity index is 1090. The predicted molar refractivity (Wildman–Crippen MR) is 90.2 cm³/mol. The third-order valence-corrected chi connectivity index (χ3v) is 3.48. The zero-order valence-electron chi connectivity index (χ0n) is 13.7. The van der Waals surface area contributed by atoms with Crippen LogP contribution in [0.15, 0.2) is 45.6 Å². The summed E-state index contributed by atoms with van der Waals surface area (Å²) in [4.78, 5) is 38.0. The van der Waals surface area contributed by atoms with Crippen molar-refractivity contribution in [3.8, 4) is 23.0 Å². The first kappa shape index (κ1) is 17.1. The molecule has 0 aliphatic rings. The lowest BCUT2D eigenvalue weighted by atomic mass is 10.1. The van der Waals surface area contributed by atoms with E-state index >= 15 is 0 Å². The maximum absolute atomic E-state index is 12.2. The molecule has 0 aliphatic heterocycles. The van der Waals surface area contributed by atoms with Gasteiger partial charge in [-0.25, -0.2) is 9.78 Å². The Balaban J connectivity index is 2.16. The van der Waals surface area contributed by atoms with Gasteiger partial charge in [0.05, 0.1) is 22.9 Å². The van der Waals surface area contributed by atoms with E-state index < -0.39 is 16.5 Å². The van der Waals surface area contributed by atoms with E-state index in [2.05, 4.69) is 4.98 Å². The first-order valence-electron chi connectivity index (χ1n) is 7.35. The average molecular weight is 356 g/mol.